The molecule has 18 heavy (non-hydrogen) atoms. The van der Waals surface area contributed by atoms with Crippen molar-refractivity contribution in [3.63, 3.8) is 0 Å². The van der Waals surface area contributed by atoms with Gasteiger partial charge < -0.3 is 15.2 Å². The van der Waals surface area contributed by atoms with Gasteiger partial charge in [-0.3, -0.25) is 0 Å². The van der Waals surface area contributed by atoms with Crippen molar-refractivity contribution in [2.75, 3.05) is 19.7 Å². The topological polar surface area (TPSA) is 41.5 Å². The summed E-state index contributed by atoms with van der Waals surface area (Å²) in [4.78, 5) is 0. The van der Waals surface area contributed by atoms with Gasteiger partial charge in [0, 0.05) is 17.4 Å². The Kier molecular flexibility index (Phi) is 7.51. The van der Waals surface area contributed by atoms with Crippen molar-refractivity contribution >= 4 is 15.9 Å². The van der Waals surface area contributed by atoms with Crippen LogP contribution in [-0.2, 0) is 0 Å². The molecule has 1 atom stereocenters. The molecule has 98 valence electrons. The van der Waals surface area contributed by atoms with Crippen LogP contribution in [0.3, 0.4) is 0 Å². The number of benzene rings is 1. The van der Waals surface area contributed by atoms with Crippen LogP contribution in [0.25, 0.3) is 0 Å². The molecule has 0 spiro atoms. The first-order valence-electron chi connectivity index (χ1n) is 5.93. The molecule has 0 heterocycles. The number of rotatable bonds is 8. The maximum atomic E-state index is 9.68. The summed E-state index contributed by atoms with van der Waals surface area (Å²) in [6.45, 7) is 1.62. The van der Waals surface area contributed by atoms with Gasteiger partial charge in [-0.05, 0) is 37.2 Å². The van der Waals surface area contributed by atoms with Crippen LogP contribution >= 0.6 is 15.9 Å². The Hall–Kier alpha value is -1.02. The molecule has 0 saturated heterocycles. The number of nitrogens with one attached hydrogen (secondary N) is 1. The van der Waals surface area contributed by atoms with Crippen molar-refractivity contribution in [3.8, 4) is 18.1 Å². The van der Waals surface area contributed by atoms with Crippen molar-refractivity contribution < 1.29 is 9.84 Å². The molecule has 3 nitrogen and oxygen atoms in total. The van der Waals surface area contributed by atoms with E-state index in [1.54, 1.807) is 0 Å². The number of terminal acetylenes is 1. The predicted molar refractivity (Wildman–Crippen MR) is 76.6 cm³/mol. The van der Waals surface area contributed by atoms with Crippen molar-refractivity contribution in [1.82, 2.24) is 5.32 Å². The zero-order chi connectivity index (χ0) is 13.2. The Bertz CT molecular complexity index is 372. The second-order valence-corrected chi connectivity index (χ2v) is 4.85. The standard InChI is InChI=1S/C14H18BrNO2/c1-2-3-4-9-16-10-13(17)11-18-14-7-5-12(15)6-8-14/h1,5-8,13,16-17H,3-4,9-11H2. The van der Waals surface area contributed by atoms with Crippen molar-refractivity contribution in [2.45, 2.75) is 18.9 Å². The first kappa shape index (κ1) is 15.0. The second kappa shape index (κ2) is 8.98. The van der Waals surface area contributed by atoms with Crippen molar-refractivity contribution in [2.24, 2.45) is 0 Å². The first-order chi connectivity index (χ1) is 8.72. The third-order valence-corrected chi connectivity index (χ3v) is 2.84. The average Bonchev–Trinajstić information content (AvgIpc) is 2.38. The number of unbranched alkanes of at least 4 members (excludes halogenated alkanes) is 1. The fourth-order valence-electron chi connectivity index (χ4n) is 1.37. The van der Waals surface area contributed by atoms with Gasteiger partial charge in [-0.1, -0.05) is 15.9 Å². The minimum Gasteiger partial charge on any atom is -0.491 e. The van der Waals surface area contributed by atoms with E-state index in [2.05, 4.69) is 27.2 Å². The van der Waals surface area contributed by atoms with Gasteiger partial charge in [-0.25, -0.2) is 0 Å². The number of hydrogen-bond acceptors (Lipinski definition) is 3. The van der Waals surface area contributed by atoms with E-state index in [9.17, 15) is 5.11 Å². The van der Waals surface area contributed by atoms with Gasteiger partial charge >= 0.3 is 0 Å². The maximum Gasteiger partial charge on any atom is 0.119 e. The van der Waals surface area contributed by atoms with E-state index in [-0.39, 0.29) is 6.61 Å². The molecule has 1 unspecified atom stereocenters. The van der Waals surface area contributed by atoms with E-state index >= 15 is 0 Å². The van der Waals surface area contributed by atoms with Crippen LogP contribution in [0.5, 0.6) is 5.75 Å². The van der Waals surface area contributed by atoms with E-state index in [1.165, 1.54) is 0 Å². The minimum absolute atomic E-state index is 0.282. The molecule has 0 saturated carbocycles. The fourth-order valence-corrected chi connectivity index (χ4v) is 1.63. The van der Waals surface area contributed by atoms with E-state index in [0.717, 1.165) is 29.6 Å². The SMILES string of the molecule is C#CCCCNCC(O)COc1ccc(Br)cc1. The number of aliphatic hydroxyl groups is 1. The summed E-state index contributed by atoms with van der Waals surface area (Å²) < 4.78 is 6.46. The summed E-state index contributed by atoms with van der Waals surface area (Å²) in [7, 11) is 0. The lowest BCUT2D eigenvalue weighted by atomic mass is 10.3. The summed E-state index contributed by atoms with van der Waals surface area (Å²) in [5.41, 5.74) is 0. The van der Waals surface area contributed by atoms with Gasteiger partial charge in [0.15, 0.2) is 0 Å². The highest BCUT2D eigenvalue weighted by molar-refractivity contribution is 9.10. The molecule has 2 N–H and O–H groups in total. The molecule has 0 amide bonds. The quantitative estimate of drug-likeness (QED) is 0.571. The number of hydrogen-bond donors (Lipinski definition) is 2. The fraction of sp³-hybridized carbons (Fsp3) is 0.429. The Morgan fingerprint density at radius 1 is 1.39 bits per heavy atom. The Morgan fingerprint density at radius 2 is 2.11 bits per heavy atom. The molecule has 1 aromatic carbocycles. The largest absolute Gasteiger partial charge is 0.491 e. The first-order valence-corrected chi connectivity index (χ1v) is 6.72. The third-order valence-electron chi connectivity index (χ3n) is 2.31. The summed E-state index contributed by atoms with van der Waals surface area (Å²) in [6, 6.07) is 7.52. The Labute approximate surface area is 117 Å². The van der Waals surface area contributed by atoms with E-state index in [1.807, 2.05) is 24.3 Å². The van der Waals surface area contributed by atoms with Gasteiger partial charge in [0.2, 0.25) is 0 Å². The van der Waals surface area contributed by atoms with Gasteiger partial charge in [0.05, 0.1) is 0 Å². The van der Waals surface area contributed by atoms with Gasteiger partial charge in [-0.2, -0.15) is 0 Å². The lowest BCUT2D eigenvalue weighted by Crippen LogP contribution is -2.31. The molecule has 0 fully saturated rings. The van der Waals surface area contributed by atoms with Gasteiger partial charge in [0.25, 0.3) is 0 Å². The van der Waals surface area contributed by atoms with Gasteiger partial charge in [-0.15, -0.1) is 12.3 Å². The molecule has 0 radical (unpaired) electrons. The Balaban J connectivity index is 2.11. The number of aliphatic hydroxyl groups excluding tert-OH is 1. The monoisotopic (exact) mass is 311 g/mol. The predicted octanol–water partition coefficient (Wildman–Crippen LogP) is 2.19. The molecule has 0 aromatic heterocycles. The highest BCUT2D eigenvalue weighted by Crippen LogP contribution is 2.16. The molecule has 0 aliphatic carbocycles. The van der Waals surface area contributed by atoms with E-state index < -0.39 is 6.10 Å². The van der Waals surface area contributed by atoms with Crippen LogP contribution in [0.2, 0.25) is 0 Å². The molecular weight excluding hydrogens is 294 g/mol. The molecule has 1 aromatic rings. The molecule has 4 heteroatoms. The van der Waals surface area contributed by atoms with Crippen LogP contribution in [0.15, 0.2) is 28.7 Å². The van der Waals surface area contributed by atoms with E-state index in [4.69, 9.17) is 11.2 Å². The lowest BCUT2D eigenvalue weighted by Gasteiger charge is -2.13. The zero-order valence-electron chi connectivity index (χ0n) is 10.2. The van der Waals surface area contributed by atoms with E-state index in [0.29, 0.717) is 6.54 Å². The summed E-state index contributed by atoms with van der Waals surface area (Å²) in [5, 5.41) is 12.8. The zero-order valence-corrected chi connectivity index (χ0v) is 11.8. The highest BCUT2D eigenvalue weighted by atomic mass is 79.9. The normalized spacial score (nSPS) is 11.8. The summed E-state index contributed by atoms with van der Waals surface area (Å²) in [6.07, 6.45) is 6.32. The lowest BCUT2D eigenvalue weighted by molar-refractivity contribution is 0.106. The maximum absolute atomic E-state index is 9.68. The molecule has 1 rings (SSSR count). The second-order valence-electron chi connectivity index (χ2n) is 3.93. The third kappa shape index (κ3) is 6.65. The van der Waals surface area contributed by atoms with Crippen molar-refractivity contribution in [3.05, 3.63) is 28.7 Å². The van der Waals surface area contributed by atoms with Crippen molar-refractivity contribution in [1.29, 1.82) is 0 Å². The molecule has 0 aliphatic rings. The summed E-state index contributed by atoms with van der Waals surface area (Å²) >= 11 is 3.35. The van der Waals surface area contributed by atoms with Crippen LogP contribution in [0, 0.1) is 12.3 Å². The van der Waals surface area contributed by atoms with Crippen LogP contribution in [0.4, 0.5) is 0 Å². The minimum atomic E-state index is -0.514. The van der Waals surface area contributed by atoms with Crippen LogP contribution < -0.4 is 10.1 Å². The average molecular weight is 312 g/mol. The molecule has 0 bridgehead atoms. The summed E-state index contributed by atoms with van der Waals surface area (Å²) in [5.74, 6) is 3.33. The molecular formula is C14H18BrNO2. The van der Waals surface area contributed by atoms with Gasteiger partial charge in [0.1, 0.15) is 18.5 Å². The smallest absolute Gasteiger partial charge is 0.119 e. The molecule has 0 aliphatic heterocycles. The number of ether oxygens (including phenoxy) is 1. The highest BCUT2D eigenvalue weighted by Gasteiger charge is 2.04. The number of halogens is 1. The van der Waals surface area contributed by atoms with Crippen LogP contribution in [0.1, 0.15) is 12.8 Å². The Morgan fingerprint density at radius 3 is 2.78 bits per heavy atom. The van der Waals surface area contributed by atoms with Crippen LogP contribution in [-0.4, -0.2) is 30.9 Å².